The van der Waals surface area contributed by atoms with Crippen LogP contribution in [0, 0.1) is 0 Å². The zero-order valence-electron chi connectivity index (χ0n) is 9.39. The molecule has 0 aliphatic heterocycles. The molecule has 1 heterocycles. The maximum absolute atomic E-state index is 9.83. The molecule has 0 saturated carbocycles. The van der Waals surface area contributed by atoms with Crippen LogP contribution in [0.15, 0.2) is 30.3 Å². The van der Waals surface area contributed by atoms with Crippen LogP contribution in [-0.2, 0) is 0 Å². The molecule has 0 fully saturated rings. The second kappa shape index (κ2) is 4.56. The van der Waals surface area contributed by atoms with Gasteiger partial charge in [-0.25, -0.2) is 4.98 Å². The van der Waals surface area contributed by atoms with Crippen LogP contribution in [0.1, 0.15) is 0 Å². The van der Waals surface area contributed by atoms with E-state index in [9.17, 15) is 10.2 Å². The van der Waals surface area contributed by atoms with Crippen molar-refractivity contribution in [2.45, 2.75) is 0 Å². The van der Waals surface area contributed by atoms with Gasteiger partial charge in [0.2, 0.25) is 0 Å². The molecule has 0 aliphatic rings. The van der Waals surface area contributed by atoms with Crippen LogP contribution in [0.4, 0.5) is 0 Å². The van der Waals surface area contributed by atoms with Crippen LogP contribution in [0.5, 0.6) is 11.5 Å². The number of rotatable bonds is 1. The number of aromatic hydroxyl groups is 2. The summed E-state index contributed by atoms with van der Waals surface area (Å²) in [6, 6.07) is 7.84. The first-order chi connectivity index (χ1) is 9.04. The van der Waals surface area contributed by atoms with Crippen LogP contribution < -0.4 is 0 Å². The summed E-state index contributed by atoms with van der Waals surface area (Å²) >= 11 is 13.3. The van der Waals surface area contributed by atoms with Crippen LogP contribution in [-0.4, -0.2) is 15.2 Å². The molecule has 0 bridgehead atoms. The summed E-state index contributed by atoms with van der Waals surface area (Å²) in [4.78, 5) is 4.41. The maximum Gasteiger partial charge on any atom is 0.129 e. The van der Waals surface area contributed by atoms with Gasteiger partial charge in [0.05, 0.1) is 25.8 Å². The Balaban J connectivity index is 2.20. The molecule has 0 spiro atoms. The Morgan fingerprint density at radius 1 is 1.00 bits per heavy atom. The highest BCUT2D eigenvalue weighted by Crippen LogP contribution is 2.38. The van der Waals surface area contributed by atoms with Gasteiger partial charge in [-0.3, -0.25) is 0 Å². The molecule has 3 rings (SSSR count). The Morgan fingerprint density at radius 3 is 2.47 bits per heavy atom. The van der Waals surface area contributed by atoms with Gasteiger partial charge in [-0.1, -0.05) is 23.2 Å². The molecule has 3 nitrogen and oxygen atoms in total. The second-order valence-electron chi connectivity index (χ2n) is 3.95. The first-order valence-corrected chi connectivity index (χ1v) is 6.90. The van der Waals surface area contributed by atoms with Crippen molar-refractivity contribution in [1.82, 2.24) is 4.98 Å². The molecule has 0 aliphatic carbocycles. The molecular formula is C13H7Cl2NO2S. The van der Waals surface area contributed by atoms with Crippen molar-refractivity contribution in [3.63, 3.8) is 0 Å². The fourth-order valence-electron chi connectivity index (χ4n) is 1.74. The van der Waals surface area contributed by atoms with E-state index in [4.69, 9.17) is 23.2 Å². The number of fused-ring (bicyclic) bond motifs is 1. The highest BCUT2D eigenvalue weighted by atomic mass is 35.5. The fourth-order valence-corrected chi connectivity index (χ4v) is 3.15. The van der Waals surface area contributed by atoms with Gasteiger partial charge in [-0.2, -0.15) is 0 Å². The normalized spacial score (nSPS) is 11.1. The average Bonchev–Trinajstić information content (AvgIpc) is 2.72. The lowest BCUT2D eigenvalue weighted by Gasteiger charge is -2.00. The summed E-state index contributed by atoms with van der Waals surface area (Å²) in [6.45, 7) is 0. The summed E-state index contributed by atoms with van der Waals surface area (Å²) in [6.07, 6.45) is 0. The highest BCUT2D eigenvalue weighted by Gasteiger charge is 2.12. The number of halogens is 2. The van der Waals surface area contributed by atoms with E-state index >= 15 is 0 Å². The number of hydrogen-bond donors (Lipinski definition) is 2. The van der Waals surface area contributed by atoms with Gasteiger partial charge in [-0.05, 0) is 24.3 Å². The highest BCUT2D eigenvalue weighted by molar-refractivity contribution is 7.21. The van der Waals surface area contributed by atoms with Crippen molar-refractivity contribution in [3.8, 4) is 22.1 Å². The molecule has 2 aromatic carbocycles. The molecular weight excluding hydrogens is 305 g/mol. The third-order valence-corrected chi connectivity index (χ3v) is 4.42. The van der Waals surface area contributed by atoms with Gasteiger partial charge >= 0.3 is 0 Å². The first kappa shape index (κ1) is 12.5. The van der Waals surface area contributed by atoms with Gasteiger partial charge in [0.1, 0.15) is 16.5 Å². The van der Waals surface area contributed by atoms with Crippen molar-refractivity contribution in [3.05, 3.63) is 40.4 Å². The van der Waals surface area contributed by atoms with Gasteiger partial charge in [0.15, 0.2) is 0 Å². The Morgan fingerprint density at radius 2 is 1.74 bits per heavy atom. The van der Waals surface area contributed by atoms with Gasteiger partial charge in [0.25, 0.3) is 0 Å². The lowest BCUT2D eigenvalue weighted by molar-refractivity contribution is 0.452. The van der Waals surface area contributed by atoms with Crippen molar-refractivity contribution in [2.24, 2.45) is 0 Å². The van der Waals surface area contributed by atoms with Crippen LogP contribution >= 0.6 is 34.5 Å². The largest absolute Gasteiger partial charge is 0.508 e. The maximum atomic E-state index is 9.83. The second-order valence-corrected chi connectivity index (χ2v) is 5.80. The lowest BCUT2D eigenvalue weighted by atomic mass is 10.2. The molecule has 6 heteroatoms. The van der Waals surface area contributed by atoms with Gasteiger partial charge in [-0.15, -0.1) is 11.3 Å². The summed E-state index contributed by atoms with van der Waals surface area (Å²) in [5, 5.41) is 20.7. The third-order valence-electron chi connectivity index (χ3n) is 2.64. The summed E-state index contributed by atoms with van der Waals surface area (Å²) < 4.78 is 0.886. The van der Waals surface area contributed by atoms with E-state index in [0.29, 0.717) is 20.6 Å². The van der Waals surface area contributed by atoms with Crippen molar-refractivity contribution >= 4 is 44.8 Å². The zero-order valence-corrected chi connectivity index (χ0v) is 11.7. The fraction of sp³-hybridized carbons (Fsp3) is 0. The number of hydrogen-bond acceptors (Lipinski definition) is 4. The molecule has 1 aromatic heterocycles. The molecule has 0 unspecified atom stereocenters. The Kier molecular flexibility index (Phi) is 3.01. The SMILES string of the molecule is Oc1ccc(-c2nc3cc(Cl)c(Cl)cc3s2)c(O)c1. The topological polar surface area (TPSA) is 53.4 Å². The van der Waals surface area contributed by atoms with E-state index in [2.05, 4.69) is 4.98 Å². The molecule has 0 amide bonds. The van der Waals surface area contributed by atoms with Gasteiger partial charge in [0, 0.05) is 6.07 Å². The minimum atomic E-state index is -0.0174. The Bertz CT molecular complexity index is 747. The number of thiazole rings is 1. The number of nitrogens with zero attached hydrogens (tertiary/aromatic N) is 1. The molecule has 0 atom stereocenters. The van der Waals surface area contributed by atoms with Crippen molar-refractivity contribution < 1.29 is 10.2 Å². The monoisotopic (exact) mass is 311 g/mol. The summed E-state index contributed by atoms with van der Waals surface area (Å²) in [7, 11) is 0. The Labute approximate surface area is 122 Å². The Hall–Kier alpha value is -1.49. The quantitative estimate of drug-likeness (QED) is 0.686. The van der Waals surface area contributed by atoms with E-state index < -0.39 is 0 Å². The number of phenols is 2. The molecule has 0 saturated heterocycles. The summed E-state index contributed by atoms with van der Waals surface area (Å²) in [5.41, 5.74) is 1.29. The molecule has 3 aromatic rings. The van der Waals surface area contributed by atoms with Crippen molar-refractivity contribution in [1.29, 1.82) is 0 Å². The number of phenolic OH excluding ortho intramolecular Hbond substituents is 2. The van der Waals surface area contributed by atoms with E-state index in [1.165, 1.54) is 23.5 Å². The van der Waals surface area contributed by atoms with Gasteiger partial charge < -0.3 is 10.2 Å². The summed E-state index contributed by atoms with van der Waals surface area (Å²) in [5.74, 6) is -0.00954. The first-order valence-electron chi connectivity index (χ1n) is 5.32. The zero-order chi connectivity index (χ0) is 13.6. The minimum Gasteiger partial charge on any atom is -0.508 e. The predicted octanol–water partition coefficient (Wildman–Crippen LogP) is 4.68. The number of benzene rings is 2. The van der Waals surface area contributed by atoms with Crippen LogP contribution in [0.25, 0.3) is 20.8 Å². The average molecular weight is 312 g/mol. The third kappa shape index (κ3) is 2.23. The van der Waals surface area contributed by atoms with E-state index in [-0.39, 0.29) is 11.5 Å². The molecule has 96 valence electrons. The van der Waals surface area contributed by atoms with E-state index in [1.54, 1.807) is 18.2 Å². The van der Waals surface area contributed by atoms with Crippen LogP contribution in [0.2, 0.25) is 10.0 Å². The predicted molar refractivity (Wildman–Crippen MR) is 78.4 cm³/mol. The standard InChI is InChI=1S/C13H7Cl2NO2S/c14-8-4-10-12(5-9(8)15)19-13(16-10)7-2-1-6(17)3-11(7)18/h1-5,17-18H. The number of aromatic nitrogens is 1. The van der Waals surface area contributed by atoms with E-state index in [1.807, 2.05) is 0 Å². The molecule has 19 heavy (non-hydrogen) atoms. The van der Waals surface area contributed by atoms with Crippen LogP contribution in [0.3, 0.4) is 0 Å². The smallest absolute Gasteiger partial charge is 0.129 e. The van der Waals surface area contributed by atoms with Crippen molar-refractivity contribution in [2.75, 3.05) is 0 Å². The lowest BCUT2D eigenvalue weighted by Crippen LogP contribution is -1.77. The molecule has 0 radical (unpaired) electrons. The van der Waals surface area contributed by atoms with E-state index in [0.717, 1.165) is 10.2 Å². The molecule has 2 N–H and O–H groups in total. The minimum absolute atomic E-state index is 0.00782.